The summed E-state index contributed by atoms with van der Waals surface area (Å²) in [4.78, 5) is 26.5. The van der Waals surface area contributed by atoms with Crippen LogP contribution in [0.3, 0.4) is 0 Å². The van der Waals surface area contributed by atoms with Gasteiger partial charge in [-0.3, -0.25) is 14.9 Å². The van der Waals surface area contributed by atoms with Crippen molar-refractivity contribution in [1.82, 2.24) is 10.4 Å². The number of para-hydroxylation sites is 1. The van der Waals surface area contributed by atoms with Crippen molar-refractivity contribution in [2.24, 2.45) is 5.10 Å². The molecule has 0 bridgehead atoms. The van der Waals surface area contributed by atoms with Crippen molar-refractivity contribution in [1.29, 1.82) is 0 Å². The number of hydrogen-bond acceptors (Lipinski definition) is 5. The molecule has 0 aliphatic rings. The topological polar surface area (TPSA) is 100 Å². The van der Waals surface area contributed by atoms with E-state index in [0.717, 1.165) is 26.9 Å². The lowest BCUT2D eigenvalue weighted by Crippen LogP contribution is -2.16. The van der Waals surface area contributed by atoms with Crippen LogP contribution in [0.15, 0.2) is 53.6 Å². The summed E-state index contributed by atoms with van der Waals surface area (Å²) in [5, 5.41) is 16.6. The van der Waals surface area contributed by atoms with Crippen LogP contribution in [0.1, 0.15) is 20.9 Å². The molecule has 1 amide bonds. The third-order valence-electron chi connectivity index (χ3n) is 4.24. The highest BCUT2D eigenvalue weighted by molar-refractivity contribution is 7.20. The molecule has 0 saturated carbocycles. The second-order valence-electron chi connectivity index (χ2n) is 6.00. The number of nitrogens with zero attached hydrogens (tertiary/aromatic N) is 2. The summed E-state index contributed by atoms with van der Waals surface area (Å²) in [7, 11) is 0. The number of carbonyl (C=O) groups excluding carboxylic acids is 1. The SMILES string of the molecule is Cc1[nH]c2ccccc2c1C=NNC(=O)c1cc2cc([N+](=O)[O-])ccc2s1. The summed E-state index contributed by atoms with van der Waals surface area (Å²) in [5.74, 6) is -0.354. The average molecular weight is 378 g/mol. The highest BCUT2D eigenvalue weighted by Crippen LogP contribution is 2.29. The van der Waals surface area contributed by atoms with E-state index in [9.17, 15) is 14.9 Å². The Kier molecular flexibility index (Phi) is 4.17. The number of nitro groups is 1. The van der Waals surface area contributed by atoms with Gasteiger partial charge in [-0.2, -0.15) is 5.10 Å². The minimum absolute atomic E-state index is 0.0000834. The third kappa shape index (κ3) is 3.18. The molecule has 0 saturated heterocycles. The summed E-state index contributed by atoms with van der Waals surface area (Å²) >= 11 is 1.26. The number of amides is 1. The van der Waals surface area contributed by atoms with Crippen LogP contribution in [0.5, 0.6) is 0 Å². The molecule has 0 radical (unpaired) electrons. The van der Waals surface area contributed by atoms with Crippen molar-refractivity contribution < 1.29 is 9.72 Å². The summed E-state index contributed by atoms with van der Waals surface area (Å²) in [6.45, 7) is 1.95. The molecule has 0 aliphatic heterocycles. The first kappa shape index (κ1) is 16.9. The molecule has 4 aromatic rings. The van der Waals surface area contributed by atoms with Crippen molar-refractivity contribution in [2.75, 3.05) is 0 Å². The summed E-state index contributed by atoms with van der Waals surface area (Å²) in [5.41, 5.74) is 5.41. The Bertz CT molecular complexity index is 1220. The Hall–Kier alpha value is -3.52. The number of carbonyl (C=O) groups is 1. The van der Waals surface area contributed by atoms with E-state index >= 15 is 0 Å². The fourth-order valence-corrected chi connectivity index (χ4v) is 3.86. The standard InChI is InChI=1S/C19H14N4O3S/c1-11-15(14-4-2-3-5-16(14)21-11)10-20-22-19(24)18-9-12-8-13(23(25)26)6-7-17(12)27-18/h2-10,21H,1H3,(H,22,24). The van der Waals surface area contributed by atoms with Crippen LogP contribution in [0.2, 0.25) is 0 Å². The number of nitro benzene ring substituents is 1. The Morgan fingerprint density at radius 1 is 1.26 bits per heavy atom. The largest absolute Gasteiger partial charge is 0.358 e. The lowest BCUT2D eigenvalue weighted by Gasteiger charge is -1.96. The van der Waals surface area contributed by atoms with E-state index in [1.54, 1.807) is 18.3 Å². The maximum Gasteiger partial charge on any atom is 0.281 e. The second-order valence-corrected chi connectivity index (χ2v) is 7.08. The predicted molar refractivity (Wildman–Crippen MR) is 107 cm³/mol. The van der Waals surface area contributed by atoms with Crippen molar-refractivity contribution in [3.05, 3.63) is 74.8 Å². The molecule has 0 unspecified atom stereocenters. The van der Waals surface area contributed by atoms with Gasteiger partial charge in [0.1, 0.15) is 0 Å². The number of aromatic amines is 1. The van der Waals surface area contributed by atoms with Gasteiger partial charge < -0.3 is 4.98 Å². The highest BCUT2D eigenvalue weighted by Gasteiger charge is 2.13. The Morgan fingerprint density at radius 3 is 2.89 bits per heavy atom. The van der Waals surface area contributed by atoms with Gasteiger partial charge in [-0.1, -0.05) is 18.2 Å². The van der Waals surface area contributed by atoms with Gasteiger partial charge in [0.25, 0.3) is 11.6 Å². The van der Waals surface area contributed by atoms with Crippen molar-refractivity contribution >= 4 is 50.1 Å². The first-order chi connectivity index (χ1) is 13.0. The quantitative estimate of drug-likeness (QED) is 0.313. The zero-order valence-electron chi connectivity index (χ0n) is 14.2. The van der Waals surface area contributed by atoms with E-state index in [4.69, 9.17) is 0 Å². The zero-order valence-corrected chi connectivity index (χ0v) is 15.0. The minimum atomic E-state index is -0.454. The molecular formula is C19H14N4O3S. The van der Waals surface area contributed by atoms with Crippen LogP contribution in [0.25, 0.3) is 21.0 Å². The number of nitrogens with one attached hydrogen (secondary N) is 2. The number of benzene rings is 2. The highest BCUT2D eigenvalue weighted by atomic mass is 32.1. The zero-order chi connectivity index (χ0) is 19.0. The minimum Gasteiger partial charge on any atom is -0.358 e. The van der Waals surface area contributed by atoms with Gasteiger partial charge in [0.05, 0.1) is 16.0 Å². The fourth-order valence-electron chi connectivity index (χ4n) is 2.93. The van der Waals surface area contributed by atoms with Gasteiger partial charge in [0, 0.05) is 44.4 Å². The van der Waals surface area contributed by atoms with Crippen molar-refractivity contribution in [2.45, 2.75) is 6.92 Å². The molecule has 2 N–H and O–H groups in total. The van der Waals surface area contributed by atoms with Crippen LogP contribution in [-0.2, 0) is 0 Å². The van der Waals surface area contributed by atoms with Crippen LogP contribution in [0, 0.1) is 17.0 Å². The summed E-state index contributed by atoms with van der Waals surface area (Å²) in [6, 6.07) is 14.0. The molecule has 0 fully saturated rings. The van der Waals surface area contributed by atoms with E-state index in [-0.39, 0.29) is 11.6 Å². The fraction of sp³-hybridized carbons (Fsp3) is 0.0526. The Morgan fingerprint density at radius 2 is 2.07 bits per heavy atom. The molecule has 0 spiro atoms. The molecule has 8 heteroatoms. The van der Waals surface area contributed by atoms with E-state index in [2.05, 4.69) is 15.5 Å². The van der Waals surface area contributed by atoms with Crippen molar-refractivity contribution in [3.63, 3.8) is 0 Å². The van der Waals surface area contributed by atoms with Gasteiger partial charge >= 0.3 is 0 Å². The molecule has 0 aliphatic carbocycles. The third-order valence-corrected chi connectivity index (χ3v) is 5.35. The number of H-pyrrole nitrogens is 1. The van der Waals surface area contributed by atoms with Gasteiger partial charge in [0.15, 0.2) is 0 Å². The van der Waals surface area contributed by atoms with Gasteiger partial charge in [-0.05, 0) is 25.1 Å². The molecule has 2 heterocycles. The van der Waals surface area contributed by atoms with E-state index < -0.39 is 4.92 Å². The van der Waals surface area contributed by atoms with Crippen LogP contribution in [0.4, 0.5) is 5.69 Å². The predicted octanol–water partition coefficient (Wildman–Crippen LogP) is 4.36. The van der Waals surface area contributed by atoms with Crippen molar-refractivity contribution in [3.8, 4) is 0 Å². The van der Waals surface area contributed by atoms with Crippen LogP contribution in [-0.4, -0.2) is 22.0 Å². The Balaban J connectivity index is 1.55. The summed E-state index contributed by atoms with van der Waals surface area (Å²) < 4.78 is 0.808. The number of non-ortho nitro benzene ring substituents is 1. The lowest BCUT2D eigenvalue weighted by atomic mass is 10.1. The van der Waals surface area contributed by atoms with Gasteiger partial charge in [0.2, 0.25) is 0 Å². The smallest absolute Gasteiger partial charge is 0.281 e. The Labute approximate surface area is 157 Å². The number of hydrogen-bond donors (Lipinski definition) is 2. The van der Waals surface area contributed by atoms with Gasteiger partial charge in [-0.15, -0.1) is 11.3 Å². The normalized spacial score (nSPS) is 11.4. The maximum atomic E-state index is 12.4. The molecule has 134 valence electrons. The first-order valence-corrected chi connectivity index (χ1v) is 8.93. The van der Waals surface area contributed by atoms with Gasteiger partial charge in [-0.25, -0.2) is 5.43 Å². The monoisotopic (exact) mass is 378 g/mol. The molecule has 27 heavy (non-hydrogen) atoms. The van der Waals surface area contributed by atoms with E-state index in [1.165, 1.54) is 23.5 Å². The molecular weight excluding hydrogens is 364 g/mol. The average Bonchev–Trinajstić information content (AvgIpc) is 3.22. The molecule has 4 rings (SSSR count). The molecule has 2 aromatic carbocycles. The first-order valence-electron chi connectivity index (χ1n) is 8.11. The number of hydrazone groups is 1. The van der Waals surface area contributed by atoms with E-state index in [0.29, 0.717) is 10.3 Å². The lowest BCUT2D eigenvalue weighted by molar-refractivity contribution is -0.384. The van der Waals surface area contributed by atoms with Crippen LogP contribution >= 0.6 is 11.3 Å². The number of aromatic nitrogens is 1. The number of fused-ring (bicyclic) bond motifs is 2. The molecule has 7 nitrogen and oxygen atoms in total. The summed E-state index contributed by atoms with van der Waals surface area (Å²) in [6.07, 6.45) is 1.62. The molecule has 2 aromatic heterocycles. The second kappa shape index (κ2) is 6.65. The number of aryl methyl sites for hydroxylation is 1. The van der Waals surface area contributed by atoms with E-state index in [1.807, 2.05) is 31.2 Å². The number of rotatable bonds is 4. The molecule has 0 atom stereocenters. The van der Waals surface area contributed by atoms with Crippen LogP contribution < -0.4 is 5.43 Å². The number of thiophene rings is 1. The maximum absolute atomic E-state index is 12.4.